The molecule has 11 unspecified atom stereocenters. The van der Waals surface area contributed by atoms with Crippen molar-refractivity contribution < 1.29 is 44.3 Å². The second-order valence-corrected chi connectivity index (χ2v) is 12.8. The Bertz CT molecular complexity index is 936. The number of fused-ring (bicyclic) bond motifs is 3. The lowest BCUT2D eigenvalue weighted by atomic mass is 9.40. The maximum atomic E-state index is 13.7. The lowest BCUT2D eigenvalue weighted by molar-refractivity contribution is -0.292. The van der Waals surface area contributed by atoms with Crippen LogP contribution in [0.25, 0.3) is 0 Å². The number of aliphatic hydroxyl groups is 3. The average Bonchev–Trinajstić information content (AvgIpc) is 2.96. The number of ether oxygens (including phenoxy) is 2. The number of hydrogen-bond donors (Lipinski definition) is 4. The van der Waals surface area contributed by atoms with Crippen molar-refractivity contribution in [2.75, 3.05) is 0 Å². The number of rotatable bonds is 3. The summed E-state index contributed by atoms with van der Waals surface area (Å²) < 4.78 is 10.8. The van der Waals surface area contributed by atoms with Crippen LogP contribution in [0.5, 0.6) is 0 Å². The number of Topliss-reactive ketones (excluding diaryl/α,β-unsaturated/α-hetero) is 1. The SMILES string of the molecule is CC12CCC3C(CCC4C(C)(C(=O)OC5OC(C(=O)O)C(O)C(O)C5O)CCCC34C)(CC1=O)C2. The van der Waals surface area contributed by atoms with Gasteiger partial charge in [-0.05, 0) is 74.5 Å². The van der Waals surface area contributed by atoms with E-state index in [0.29, 0.717) is 24.5 Å². The van der Waals surface area contributed by atoms with Crippen molar-refractivity contribution in [3.05, 3.63) is 0 Å². The van der Waals surface area contributed by atoms with Crippen LogP contribution in [0.1, 0.15) is 78.6 Å². The highest BCUT2D eigenvalue weighted by molar-refractivity contribution is 5.88. The molecule has 0 amide bonds. The first-order chi connectivity index (χ1) is 16.3. The van der Waals surface area contributed by atoms with Gasteiger partial charge in [0.15, 0.2) is 6.10 Å². The molecule has 1 heterocycles. The molecule has 2 bridgehead atoms. The summed E-state index contributed by atoms with van der Waals surface area (Å²) in [7, 11) is 0. The van der Waals surface area contributed by atoms with Crippen molar-refractivity contribution in [3.8, 4) is 0 Å². The molecule has 4 saturated carbocycles. The van der Waals surface area contributed by atoms with Crippen LogP contribution in [-0.2, 0) is 23.9 Å². The molecular weight excluding hydrogens is 456 g/mol. The fraction of sp³-hybridized carbons (Fsp3) is 0.885. The van der Waals surface area contributed by atoms with Gasteiger partial charge >= 0.3 is 11.9 Å². The van der Waals surface area contributed by atoms with Crippen molar-refractivity contribution in [2.45, 2.75) is 109 Å². The van der Waals surface area contributed by atoms with E-state index in [-0.39, 0.29) is 22.2 Å². The van der Waals surface area contributed by atoms with Crippen LogP contribution >= 0.6 is 0 Å². The van der Waals surface area contributed by atoms with Crippen LogP contribution in [0.15, 0.2) is 0 Å². The van der Waals surface area contributed by atoms with E-state index in [1.807, 2.05) is 6.92 Å². The fourth-order valence-corrected chi connectivity index (χ4v) is 9.14. The molecule has 0 radical (unpaired) electrons. The summed E-state index contributed by atoms with van der Waals surface area (Å²) in [5, 5.41) is 39.7. The lowest BCUT2D eigenvalue weighted by Gasteiger charge is -2.64. The molecule has 5 aliphatic rings. The molecule has 1 spiro atoms. The molecular formula is C26H38O9. The first-order valence-electron chi connectivity index (χ1n) is 12.9. The van der Waals surface area contributed by atoms with Gasteiger partial charge in [-0.3, -0.25) is 9.59 Å². The first-order valence-corrected chi connectivity index (χ1v) is 12.9. The fourth-order valence-electron chi connectivity index (χ4n) is 9.14. The number of hydrogen-bond acceptors (Lipinski definition) is 8. The third-order valence-electron chi connectivity index (χ3n) is 10.9. The summed E-state index contributed by atoms with van der Waals surface area (Å²) in [6, 6.07) is 0. The summed E-state index contributed by atoms with van der Waals surface area (Å²) in [5.74, 6) is -1.35. The summed E-state index contributed by atoms with van der Waals surface area (Å²) in [6.45, 7) is 6.27. The van der Waals surface area contributed by atoms with Gasteiger partial charge < -0.3 is 29.9 Å². The van der Waals surface area contributed by atoms with E-state index in [4.69, 9.17) is 9.47 Å². The van der Waals surface area contributed by atoms with Crippen molar-refractivity contribution in [2.24, 2.45) is 33.5 Å². The zero-order chi connectivity index (χ0) is 25.6. The maximum absolute atomic E-state index is 13.7. The molecule has 0 aromatic heterocycles. The van der Waals surface area contributed by atoms with E-state index in [1.165, 1.54) is 0 Å². The largest absolute Gasteiger partial charge is 0.479 e. The molecule has 0 aromatic carbocycles. The molecule has 5 fully saturated rings. The van der Waals surface area contributed by atoms with Gasteiger partial charge in [-0.25, -0.2) is 4.79 Å². The van der Waals surface area contributed by atoms with Crippen molar-refractivity contribution in [3.63, 3.8) is 0 Å². The van der Waals surface area contributed by atoms with Gasteiger partial charge in [0, 0.05) is 11.8 Å². The molecule has 4 aliphatic carbocycles. The van der Waals surface area contributed by atoms with E-state index in [2.05, 4.69) is 13.8 Å². The van der Waals surface area contributed by atoms with E-state index in [9.17, 15) is 34.8 Å². The highest BCUT2D eigenvalue weighted by Crippen LogP contribution is 2.73. The van der Waals surface area contributed by atoms with Crippen LogP contribution in [0.4, 0.5) is 0 Å². The maximum Gasteiger partial charge on any atom is 0.335 e. The number of carboxylic acids is 1. The van der Waals surface area contributed by atoms with E-state index in [0.717, 1.165) is 44.9 Å². The first kappa shape index (κ1) is 25.1. The predicted octanol–water partition coefficient (Wildman–Crippen LogP) is 1.79. The summed E-state index contributed by atoms with van der Waals surface area (Å²) >= 11 is 0. The smallest absolute Gasteiger partial charge is 0.335 e. The Kier molecular flexibility index (Phi) is 5.72. The summed E-state index contributed by atoms with van der Waals surface area (Å²) in [5.41, 5.74) is -1.21. The van der Waals surface area contributed by atoms with Gasteiger partial charge in [0.25, 0.3) is 0 Å². The van der Waals surface area contributed by atoms with Crippen LogP contribution in [0.2, 0.25) is 0 Å². The van der Waals surface area contributed by atoms with Crippen LogP contribution < -0.4 is 0 Å². The van der Waals surface area contributed by atoms with Crippen molar-refractivity contribution >= 4 is 17.7 Å². The zero-order valence-electron chi connectivity index (χ0n) is 20.7. The number of aliphatic hydroxyl groups excluding tert-OH is 3. The minimum Gasteiger partial charge on any atom is -0.479 e. The Morgan fingerprint density at radius 3 is 2.31 bits per heavy atom. The van der Waals surface area contributed by atoms with Gasteiger partial charge in [0.1, 0.15) is 24.1 Å². The van der Waals surface area contributed by atoms with Gasteiger partial charge in [-0.2, -0.15) is 0 Å². The Balaban J connectivity index is 1.39. The lowest BCUT2D eigenvalue weighted by Crippen LogP contribution is -2.62. The van der Waals surface area contributed by atoms with E-state index >= 15 is 0 Å². The molecule has 5 rings (SSSR count). The second kappa shape index (κ2) is 7.97. The molecule has 35 heavy (non-hydrogen) atoms. The zero-order valence-corrected chi connectivity index (χ0v) is 20.7. The van der Waals surface area contributed by atoms with Gasteiger partial charge in [0.05, 0.1) is 5.41 Å². The normalized spacial score (nSPS) is 53.4. The molecule has 196 valence electrons. The molecule has 1 aliphatic heterocycles. The number of carbonyl (C=O) groups excluding carboxylic acids is 2. The average molecular weight is 495 g/mol. The number of carbonyl (C=O) groups is 3. The Morgan fingerprint density at radius 2 is 1.63 bits per heavy atom. The Morgan fingerprint density at radius 1 is 0.943 bits per heavy atom. The highest BCUT2D eigenvalue weighted by atomic mass is 16.7. The number of ketones is 1. The van der Waals surface area contributed by atoms with E-state index < -0.39 is 48.1 Å². The predicted molar refractivity (Wildman–Crippen MR) is 121 cm³/mol. The molecule has 11 atom stereocenters. The van der Waals surface area contributed by atoms with Crippen molar-refractivity contribution in [1.29, 1.82) is 0 Å². The summed E-state index contributed by atoms with van der Waals surface area (Å²) in [6.07, 6.45) is -1.40. The quantitative estimate of drug-likeness (QED) is 0.431. The third-order valence-corrected chi connectivity index (χ3v) is 10.9. The van der Waals surface area contributed by atoms with Crippen molar-refractivity contribution in [1.82, 2.24) is 0 Å². The minimum absolute atomic E-state index is 0.00905. The van der Waals surface area contributed by atoms with Gasteiger partial charge in [-0.15, -0.1) is 0 Å². The molecule has 9 nitrogen and oxygen atoms in total. The Hall–Kier alpha value is -1.55. The number of carboxylic acid groups (broad SMARTS) is 1. The molecule has 4 N–H and O–H groups in total. The van der Waals surface area contributed by atoms with Gasteiger partial charge in [0.2, 0.25) is 6.29 Å². The highest BCUT2D eigenvalue weighted by Gasteiger charge is 2.68. The molecule has 1 saturated heterocycles. The topological polar surface area (TPSA) is 151 Å². The minimum atomic E-state index is -1.84. The van der Waals surface area contributed by atoms with Crippen LogP contribution in [-0.4, -0.2) is 68.9 Å². The number of aliphatic carboxylic acids is 1. The van der Waals surface area contributed by atoms with Crippen LogP contribution in [0.3, 0.4) is 0 Å². The second-order valence-electron chi connectivity index (χ2n) is 12.8. The van der Waals surface area contributed by atoms with Gasteiger partial charge in [-0.1, -0.05) is 20.3 Å². The monoisotopic (exact) mass is 494 g/mol. The molecule has 9 heteroatoms. The Labute approximate surface area is 205 Å². The third kappa shape index (κ3) is 3.45. The number of esters is 1. The standard InChI is InChI=1S/C26H38O9/c1-23-9-5-14-24(2)7-4-8-25(3,13(24)6-10-26(14,12-23)11-15(23)27)22(33)35-21-18(30)16(28)17(29)19(34-21)20(31)32/h13-14,16-19,21,28-30H,4-12H2,1-3H3,(H,31,32). The van der Waals surface area contributed by atoms with Crippen LogP contribution in [0, 0.1) is 33.5 Å². The molecule has 0 aromatic rings. The van der Waals surface area contributed by atoms with E-state index in [1.54, 1.807) is 0 Å². The summed E-state index contributed by atoms with van der Waals surface area (Å²) in [4.78, 5) is 38.0.